The number of nitrogens with one attached hydrogen (secondary N) is 1. The lowest BCUT2D eigenvalue weighted by molar-refractivity contribution is -0.139. The Kier molecular flexibility index (Phi) is 5.55. The fourth-order valence-corrected chi connectivity index (χ4v) is 2.98. The molecule has 0 radical (unpaired) electrons. The van der Waals surface area contributed by atoms with Crippen LogP contribution >= 0.6 is 0 Å². The number of carbonyl (C=O) groups is 2. The molecule has 0 aromatic rings. The van der Waals surface area contributed by atoms with Gasteiger partial charge in [0.25, 0.3) is 0 Å². The maximum atomic E-state index is 12.2. The largest absolute Gasteiger partial charge is 0.388 e. The number of piperidine rings is 1. The van der Waals surface area contributed by atoms with Crippen molar-refractivity contribution in [1.29, 1.82) is 0 Å². The third kappa shape index (κ3) is 4.66. The van der Waals surface area contributed by atoms with E-state index in [2.05, 4.69) is 5.32 Å². The predicted octanol–water partition coefficient (Wildman–Crippen LogP) is -1.19. The van der Waals surface area contributed by atoms with Crippen LogP contribution in [0.15, 0.2) is 0 Å². The van der Waals surface area contributed by atoms with Crippen LogP contribution in [0.4, 0.5) is 0 Å². The minimum Gasteiger partial charge on any atom is -0.388 e. The van der Waals surface area contributed by atoms with Crippen molar-refractivity contribution < 1.29 is 19.4 Å². The van der Waals surface area contributed by atoms with E-state index in [4.69, 9.17) is 4.74 Å². The minimum atomic E-state index is -1.02. The van der Waals surface area contributed by atoms with Crippen molar-refractivity contribution >= 4 is 11.8 Å². The summed E-state index contributed by atoms with van der Waals surface area (Å²) in [5, 5.41) is 13.1. The Morgan fingerprint density at radius 1 is 1.29 bits per heavy atom. The summed E-state index contributed by atoms with van der Waals surface area (Å²) < 4.78 is 5.24. The molecule has 1 unspecified atom stereocenters. The molecule has 0 aromatic carbocycles. The van der Waals surface area contributed by atoms with E-state index in [0.29, 0.717) is 45.8 Å². The number of hydrogen-bond donors (Lipinski definition) is 2. The van der Waals surface area contributed by atoms with E-state index < -0.39 is 5.60 Å². The zero-order chi connectivity index (χ0) is 15.3. The van der Waals surface area contributed by atoms with Gasteiger partial charge in [0.15, 0.2) is 0 Å². The van der Waals surface area contributed by atoms with Crippen LogP contribution in [0.2, 0.25) is 0 Å². The summed E-state index contributed by atoms with van der Waals surface area (Å²) in [6.45, 7) is 3.90. The summed E-state index contributed by atoms with van der Waals surface area (Å²) in [5.74, 6) is -0.0960. The molecule has 2 saturated heterocycles. The van der Waals surface area contributed by atoms with Crippen molar-refractivity contribution in [2.24, 2.45) is 0 Å². The van der Waals surface area contributed by atoms with Crippen molar-refractivity contribution in [2.75, 3.05) is 53.0 Å². The van der Waals surface area contributed by atoms with Crippen molar-refractivity contribution in [3.63, 3.8) is 0 Å². The Bertz CT molecular complexity index is 384. The normalized spacial score (nSPS) is 27.4. The first-order chi connectivity index (χ1) is 10.0. The van der Waals surface area contributed by atoms with Crippen LogP contribution in [0.3, 0.4) is 0 Å². The Balaban J connectivity index is 1.85. The molecule has 2 N–H and O–H groups in total. The van der Waals surface area contributed by atoms with Crippen LogP contribution < -0.4 is 5.32 Å². The molecule has 7 heteroatoms. The number of β-amino-alcohol motifs (C(OH)–C–C–N with tert-alkyl or cyclic N) is 1. The Morgan fingerprint density at radius 3 is 2.67 bits per heavy atom. The summed E-state index contributed by atoms with van der Waals surface area (Å²) in [4.78, 5) is 27.5. The van der Waals surface area contributed by atoms with Crippen LogP contribution in [0.1, 0.15) is 19.3 Å². The van der Waals surface area contributed by atoms with Gasteiger partial charge in [-0.15, -0.1) is 0 Å². The predicted molar refractivity (Wildman–Crippen MR) is 76.7 cm³/mol. The molecular weight excluding hydrogens is 274 g/mol. The zero-order valence-corrected chi connectivity index (χ0v) is 12.6. The molecular formula is C14H25N3O4. The summed E-state index contributed by atoms with van der Waals surface area (Å²) in [6, 6.07) is 0. The highest BCUT2D eigenvalue weighted by atomic mass is 16.5. The van der Waals surface area contributed by atoms with Gasteiger partial charge in [-0.3, -0.25) is 14.5 Å². The molecule has 2 aliphatic heterocycles. The van der Waals surface area contributed by atoms with Gasteiger partial charge in [-0.05, 0) is 19.4 Å². The molecule has 21 heavy (non-hydrogen) atoms. The van der Waals surface area contributed by atoms with E-state index in [1.165, 1.54) is 0 Å². The Labute approximate surface area is 125 Å². The molecule has 0 saturated carbocycles. The van der Waals surface area contributed by atoms with E-state index in [1.807, 2.05) is 4.90 Å². The Morgan fingerprint density at radius 2 is 2.00 bits per heavy atom. The van der Waals surface area contributed by atoms with Gasteiger partial charge in [0.1, 0.15) is 0 Å². The van der Waals surface area contributed by atoms with Gasteiger partial charge >= 0.3 is 0 Å². The number of amides is 2. The van der Waals surface area contributed by atoms with Crippen LogP contribution in [0.25, 0.3) is 0 Å². The van der Waals surface area contributed by atoms with Gasteiger partial charge in [0.2, 0.25) is 11.8 Å². The summed E-state index contributed by atoms with van der Waals surface area (Å²) in [7, 11) is 1.56. The molecule has 2 heterocycles. The number of ether oxygens (including phenoxy) is 1. The van der Waals surface area contributed by atoms with Gasteiger partial charge in [0.05, 0.1) is 31.8 Å². The number of nitrogens with zero attached hydrogens (tertiary/aromatic N) is 2. The average molecular weight is 299 g/mol. The number of likely N-dealkylation sites (tertiary alicyclic amines) is 1. The number of aliphatic hydroxyl groups is 1. The number of morpholine rings is 1. The average Bonchev–Trinajstić information content (AvgIpc) is 2.47. The second kappa shape index (κ2) is 7.20. The molecule has 0 aromatic heterocycles. The molecule has 2 fully saturated rings. The maximum Gasteiger partial charge on any atom is 0.236 e. The summed E-state index contributed by atoms with van der Waals surface area (Å²) >= 11 is 0. The second-order valence-corrected chi connectivity index (χ2v) is 5.88. The topological polar surface area (TPSA) is 82.1 Å². The number of hydrogen-bond acceptors (Lipinski definition) is 5. The number of rotatable bonds is 4. The van der Waals surface area contributed by atoms with Crippen molar-refractivity contribution in [3.8, 4) is 0 Å². The van der Waals surface area contributed by atoms with Gasteiger partial charge in [-0.1, -0.05) is 0 Å². The third-order valence-corrected chi connectivity index (χ3v) is 4.13. The van der Waals surface area contributed by atoms with Gasteiger partial charge in [-0.2, -0.15) is 0 Å². The first-order valence-electron chi connectivity index (χ1n) is 7.53. The number of carbonyl (C=O) groups excluding carboxylic acids is 2. The van der Waals surface area contributed by atoms with E-state index in [0.717, 1.165) is 13.0 Å². The summed E-state index contributed by atoms with van der Waals surface area (Å²) in [5.41, 5.74) is -1.02. The molecule has 0 bridgehead atoms. The quantitative estimate of drug-likeness (QED) is 0.682. The highest BCUT2D eigenvalue weighted by molar-refractivity contribution is 5.78. The molecule has 2 rings (SSSR count). The lowest BCUT2D eigenvalue weighted by Gasteiger charge is -2.39. The molecule has 0 spiro atoms. The zero-order valence-electron chi connectivity index (χ0n) is 12.6. The molecule has 2 aliphatic rings. The van der Waals surface area contributed by atoms with Gasteiger partial charge in [0, 0.05) is 26.7 Å². The van der Waals surface area contributed by atoms with E-state index >= 15 is 0 Å². The minimum absolute atomic E-state index is 0.0718. The molecule has 0 aliphatic carbocycles. The molecule has 7 nitrogen and oxygen atoms in total. The SMILES string of the molecule is CNC(=O)CC1(O)CCCN(CC(=O)N2CCOCC2)C1. The van der Waals surface area contributed by atoms with Crippen molar-refractivity contribution in [3.05, 3.63) is 0 Å². The van der Waals surface area contributed by atoms with E-state index in [-0.39, 0.29) is 18.2 Å². The van der Waals surface area contributed by atoms with Gasteiger partial charge < -0.3 is 20.1 Å². The molecule has 2 amide bonds. The molecule has 1 atom stereocenters. The lowest BCUT2D eigenvalue weighted by Crippen LogP contribution is -2.53. The smallest absolute Gasteiger partial charge is 0.236 e. The fraction of sp³-hybridized carbons (Fsp3) is 0.857. The standard InChI is InChI=1S/C14H25N3O4/c1-15-12(18)9-14(20)3-2-4-16(11-14)10-13(19)17-5-7-21-8-6-17/h20H,2-11H2,1H3,(H,15,18). The van der Waals surface area contributed by atoms with Crippen LogP contribution in [0.5, 0.6) is 0 Å². The summed E-state index contributed by atoms with van der Waals surface area (Å²) in [6.07, 6.45) is 1.48. The first kappa shape index (κ1) is 16.2. The maximum absolute atomic E-state index is 12.2. The van der Waals surface area contributed by atoms with E-state index in [9.17, 15) is 14.7 Å². The molecule has 120 valence electrons. The highest BCUT2D eigenvalue weighted by Crippen LogP contribution is 2.24. The van der Waals surface area contributed by atoms with Crippen LogP contribution in [0, 0.1) is 0 Å². The van der Waals surface area contributed by atoms with Crippen LogP contribution in [-0.2, 0) is 14.3 Å². The monoisotopic (exact) mass is 299 g/mol. The van der Waals surface area contributed by atoms with Crippen LogP contribution in [-0.4, -0.2) is 85.3 Å². The second-order valence-electron chi connectivity index (χ2n) is 5.88. The Hall–Kier alpha value is -1.18. The highest BCUT2D eigenvalue weighted by Gasteiger charge is 2.36. The van der Waals surface area contributed by atoms with Crippen molar-refractivity contribution in [2.45, 2.75) is 24.9 Å². The lowest BCUT2D eigenvalue weighted by atomic mass is 9.89. The van der Waals surface area contributed by atoms with E-state index in [1.54, 1.807) is 11.9 Å². The van der Waals surface area contributed by atoms with Gasteiger partial charge in [-0.25, -0.2) is 0 Å². The fourth-order valence-electron chi connectivity index (χ4n) is 2.98. The van der Waals surface area contributed by atoms with Crippen molar-refractivity contribution in [1.82, 2.24) is 15.1 Å². The third-order valence-electron chi connectivity index (χ3n) is 4.13. The first-order valence-corrected chi connectivity index (χ1v) is 7.53.